The SMILES string of the molecule is C=CCCCCCNCC1CCCC1O. The fraction of sp³-hybridized carbons (Fsp3) is 0.846. The zero-order valence-electron chi connectivity index (χ0n) is 9.75. The van der Waals surface area contributed by atoms with Crippen LogP contribution >= 0.6 is 0 Å². The zero-order valence-corrected chi connectivity index (χ0v) is 9.75. The summed E-state index contributed by atoms with van der Waals surface area (Å²) in [6.07, 6.45) is 10.3. The highest BCUT2D eigenvalue weighted by Crippen LogP contribution is 2.24. The molecule has 2 heteroatoms. The normalized spacial score (nSPS) is 25.7. The maximum atomic E-state index is 9.61. The van der Waals surface area contributed by atoms with E-state index in [-0.39, 0.29) is 6.10 Å². The highest BCUT2D eigenvalue weighted by Gasteiger charge is 2.24. The van der Waals surface area contributed by atoms with Gasteiger partial charge in [-0.3, -0.25) is 0 Å². The molecule has 0 aliphatic heterocycles. The van der Waals surface area contributed by atoms with E-state index in [0.717, 1.165) is 25.9 Å². The van der Waals surface area contributed by atoms with Crippen LogP contribution in [-0.4, -0.2) is 24.3 Å². The second-order valence-electron chi connectivity index (χ2n) is 4.60. The summed E-state index contributed by atoms with van der Waals surface area (Å²) in [5.41, 5.74) is 0. The Balaban J connectivity index is 1.86. The lowest BCUT2D eigenvalue weighted by atomic mass is 10.1. The van der Waals surface area contributed by atoms with Gasteiger partial charge in [0.15, 0.2) is 0 Å². The van der Waals surface area contributed by atoms with Crippen LogP contribution in [0.2, 0.25) is 0 Å². The van der Waals surface area contributed by atoms with Crippen molar-refractivity contribution in [3.8, 4) is 0 Å². The van der Waals surface area contributed by atoms with E-state index in [1.807, 2.05) is 6.08 Å². The van der Waals surface area contributed by atoms with Gasteiger partial charge in [-0.1, -0.05) is 18.9 Å². The summed E-state index contributed by atoms with van der Waals surface area (Å²) in [6, 6.07) is 0. The van der Waals surface area contributed by atoms with E-state index < -0.39 is 0 Å². The number of rotatable bonds is 8. The molecule has 0 spiro atoms. The number of aliphatic hydroxyl groups excluding tert-OH is 1. The van der Waals surface area contributed by atoms with Crippen LogP contribution in [0.5, 0.6) is 0 Å². The Labute approximate surface area is 93.8 Å². The molecule has 88 valence electrons. The predicted molar refractivity (Wildman–Crippen MR) is 64.9 cm³/mol. The highest BCUT2D eigenvalue weighted by molar-refractivity contribution is 4.78. The van der Waals surface area contributed by atoms with E-state index >= 15 is 0 Å². The Kier molecular flexibility index (Phi) is 6.69. The minimum atomic E-state index is -0.0433. The summed E-state index contributed by atoms with van der Waals surface area (Å²) in [6.45, 7) is 5.81. The number of aliphatic hydroxyl groups is 1. The van der Waals surface area contributed by atoms with Crippen molar-refractivity contribution in [3.63, 3.8) is 0 Å². The van der Waals surface area contributed by atoms with Crippen LogP contribution in [0.1, 0.15) is 44.9 Å². The quantitative estimate of drug-likeness (QED) is 0.477. The number of hydrogen-bond acceptors (Lipinski definition) is 2. The first-order valence-electron chi connectivity index (χ1n) is 6.34. The Morgan fingerprint density at radius 1 is 1.27 bits per heavy atom. The fourth-order valence-electron chi connectivity index (χ4n) is 2.26. The summed E-state index contributed by atoms with van der Waals surface area (Å²) in [4.78, 5) is 0. The van der Waals surface area contributed by atoms with Crippen molar-refractivity contribution in [1.29, 1.82) is 0 Å². The molecule has 2 unspecified atom stereocenters. The molecular formula is C13H25NO. The van der Waals surface area contributed by atoms with Crippen molar-refractivity contribution in [2.75, 3.05) is 13.1 Å². The highest BCUT2D eigenvalue weighted by atomic mass is 16.3. The molecule has 1 fully saturated rings. The molecule has 0 radical (unpaired) electrons. The molecule has 15 heavy (non-hydrogen) atoms. The third kappa shape index (κ3) is 5.33. The fourth-order valence-corrected chi connectivity index (χ4v) is 2.26. The van der Waals surface area contributed by atoms with Crippen molar-refractivity contribution in [2.24, 2.45) is 5.92 Å². The molecule has 0 saturated heterocycles. The molecular weight excluding hydrogens is 186 g/mol. The lowest BCUT2D eigenvalue weighted by molar-refractivity contribution is 0.131. The second kappa shape index (κ2) is 7.89. The molecule has 2 N–H and O–H groups in total. The summed E-state index contributed by atoms with van der Waals surface area (Å²) in [5, 5.41) is 13.1. The third-order valence-corrected chi connectivity index (χ3v) is 3.29. The van der Waals surface area contributed by atoms with Gasteiger partial charge in [-0.05, 0) is 44.6 Å². The van der Waals surface area contributed by atoms with Crippen LogP contribution in [0.3, 0.4) is 0 Å². The van der Waals surface area contributed by atoms with Gasteiger partial charge in [-0.15, -0.1) is 6.58 Å². The maximum absolute atomic E-state index is 9.61. The van der Waals surface area contributed by atoms with E-state index in [9.17, 15) is 5.11 Å². The van der Waals surface area contributed by atoms with E-state index in [0.29, 0.717) is 5.92 Å². The molecule has 1 rings (SSSR count). The molecule has 1 aliphatic rings. The van der Waals surface area contributed by atoms with Crippen molar-refractivity contribution < 1.29 is 5.11 Å². The lowest BCUT2D eigenvalue weighted by Gasteiger charge is -2.14. The van der Waals surface area contributed by atoms with Crippen molar-refractivity contribution in [2.45, 2.75) is 51.0 Å². The van der Waals surface area contributed by atoms with Crippen LogP contribution in [0.4, 0.5) is 0 Å². The zero-order chi connectivity index (χ0) is 10.9. The average molecular weight is 211 g/mol. The van der Waals surface area contributed by atoms with Crippen molar-refractivity contribution >= 4 is 0 Å². The van der Waals surface area contributed by atoms with E-state index in [1.165, 1.54) is 32.1 Å². The summed E-state index contributed by atoms with van der Waals surface area (Å²) in [7, 11) is 0. The van der Waals surface area contributed by atoms with Crippen LogP contribution in [-0.2, 0) is 0 Å². The predicted octanol–water partition coefficient (Wildman–Crippen LogP) is 2.48. The topological polar surface area (TPSA) is 32.3 Å². The smallest absolute Gasteiger partial charge is 0.0580 e. The standard InChI is InChI=1S/C13H25NO/c1-2-3-4-5-6-10-14-11-12-8-7-9-13(12)15/h2,12-15H,1,3-11H2. The van der Waals surface area contributed by atoms with Crippen LogP contribution in [0, 0.1) is 5.92 Å². The number of unbranched alkanes of at least 4 members (excludes halogenated alkanes) is 3. The minimum absolute atomic E-state index is 0.0433. The summed E-state index contributed by atoms with van der Waals surface area (Å²) < 4.78 is 0. The van der Waals surface area contributed by atoms with Crippen LogP contribution < -0.4 is 5.32 Å². The second-order valence-corrected chi connectivity index (χ2v) is 4.60. The van der Waals surface area contributed by atoms with Crippen LogP contribution in [0.25, 0.3) is 0 Å². The first-order valence-corrected chi connectivity index (χ1v) is 6.34. The van der Waals surface area contributed by atoms with E-state index in [2.05, 4.69) is 11.9 Å². The Morgan fingerprint density at radius 2 is 2.13 bits per heavy atom. The Hall–Kier alpha value is -0.340. The number of hydrogen-bond donors (Lipinski definition) is 2. The summed E-state index contributed by atoms with van der Waals surface area (Å²) >= 11 is 0. The van der Waals surface area contributed by atoms with Crippen LogP contribution in [0.15, 0.2) is 12.7 Å². The maximum Gasteiger partial charge on any atom is 0.0580 e. The van der Waals surface area contributed by atoms with Gasteiger partial charge in [0.2, 0.25) is 0 Å². The molecule has 0 bridgehead atoms. The van der Waals surface area contributed by atoms with Crippen molar-refractivity contribution in [1.82, 2.24) is 5.32 Å². The Morgan fingerprint density at radius 3 is 2.80 bits per heavy atom. The molecule has 0 aromatic rings. The van der Waals surface area contributed by atoms with E-state index in [4.69, 9.17) is 0 Å². The van der Waals surface area contributed by atoms with Gasteiger partial charge in [0.25, 0.3) is 0 Å². The molecule has 2 atom stereocenters. The van der Waals surface area contributed by atoms with Gasteiger partial charge in [0.1, 0.15) is 0 Å². The molecule has 1 saturated carbocycles. The monoisotopic (exact) mass is 211 g/mol. The Bertz CT molecular complexity index is 170. The minimum Gasteiger partial charge on any atom is -0.393 e. The molecule has 2 nitrogen and oxygen atoms in total. The van der Waals surface area contributed by atoms with Gasteiger partial charge < -0.3 is 10.4 Å². The number of nitrogens with one attached hydrogen (secondary N) is 1. The average Bonchev–Trinajstić information content (AvgIpc) is 2.63. The molecule has 1 aliphatic carbocycles. The van der Waals surface area contributed by atoms with Gasteiger partial charge in [0, 0.05) is 6.54 Å². The first kappa shape index (κ1) is 12.7. The van der Waals surface area contributed by atoms with Crippen molar-refractivity contribution in [3.05, 3.63) is 12.7 Å². The third-order valence-electron chi connectivity index (χ3n) is 3.29. The molecule has 0 heterocycles. The van der Waals surface area contributed by atoms with E-state index in [1.54, 1.807) is 0 Å². The first-order chi connectivity index (χ1) is 7.34. The number of allylic oxidation sites excluding steroid dienone is 1. The van der Waals surface area contributed by atoms with Gasteiger partial charge in [-0.25, -0.2) is 0 Å². The summed E-state index contributed by atoms with van der Waals surface area (Å²) in [5.74, 6) is 0.512. The van der Waals surface area contributed by atoms with Gasteiger partial charge in [0.05, 0.1) is 6.10 Å². The van der Waals surface area contributed by atoms with Gasteiger partial charge in [-0.2, -0.15) is 0 Å². The lowest BCUT2D eigenvalue weighted by Crippen LogP contribution is -2.28. The molecule has 0 aromatic heterocycles. The largest absolute Gasteiger partial charge is 0.393 e. The van der Waals surface area contributed by atoms with Gasteiger partial charge >= 0.3 is 0 Å². The molecule has 0 amide bonds. The molecule has 0 aromatic carbocycles.